The lowest BCUT2D eigenvalue weighted by molar-refractivity contribution is -0.143. The minimum absolute atomic E-state index is 0.248. The molecule has 0 fully saturated rings. The molecule has 3 amide bonds. The first-order valence-corrected chi connectivity index (χ1v) is 12.7. The second-order valence-electron chi connectivity index (χ2n) is 10.7. The summed E-state index contributed by atoms with van der Waals surface area (Å²) in [6.07, 6.45) is -1.59. The molecule has 0 aliphatic heterocycles. The Balaban J connectivity index is 2.99. The molecule has 37 heavy (non-hydrogen) atoms. The topological polar surface area (TPSA) is 154 Å². The van der Waals surface area contributed by atoms with Gasteiger partial charge in [-0.2, -0.15) is 0 Å². The number of aliphatic carboxylic acids is 1. The van der Waals surface area contributed by atoms with E-state index in [0.29, 0.717) is 6.42 Å². The maximum atomic E-state index is 12.9. The van der Waals surface area contributed by atoms with Crippen molar-refractivity contribution in [3.63, 3.8) is 0 Å². The molecule has 0 heterocycles. The third kappa shape index (κ3) is 11.6. The van der Waals surface area contributed by atoms with E-state index in [-0.39, 0.29) is 24.7 Å². The van der Waals surface area contributed by atoms with E-state index in [2.05, 4.69) is 16.0 Å². The van der Waals surface area contributed by atoms with E-state index in [1.54, 1.807) is 41.5 Å². The van der Waals surface area contributed by atoms with Gasteiger partial charge in [0.05, 0.1) is 18.6 Å². The summed E-state index contributed by atoms with van der Waals surface area (Å²) in [7, 11) is 0. The van der Waals surface area contributed by atoms with E-state index in [0.717, 1.165) is 5.56 Å². The van der Waals surface area contributed by atoms with Gasteiger partial charge in [-0.25, -0.2) is 9.59 Å². The fraction of sp³-hybridized carbons (Fsp3) is 0.630. The van der Waals surface area contributed by atoms with Crippen molar-refractivity contribution in [2.45, 2.75) is 97.6 Å². The molecule has 5 atom stereocenters. The van der Waals surface area contributed by atoms with Crippen molar-refractivity contribution in [1.82, 2.24) is 16.0 Å². The minimum Gasteiger partial charge on any atom is -0.480 e. The van der Waals surface area contributed by atoms with Gasteiger partial charge in [-0.1, -0.05) is 64.4 Å². The highest BCUT2D eigenvalue weighted by atomic mass is 16.6. The Morgan fingerprint density at radius 2 is 1.54 bits per heavy atom. The van der Waals surface area contributed by atoms with E-state index in [1.165, 1.54) is 0 Å². The van der Waals surface area contributed by atoms with Gasteiger partial charge < -0.3 is 30.9 Å². The molecule has 0 bridgehead atoms. The van der Waals surface area contributed by atoms with Gasteiger partial charge in [-0.05, 0) is 44.6 Å². The molecule has 0 aromatic heterocycles. The zero-order valence-corrected chi connectivity index (χ0v) is 22.9. The van der Waals surface area contributed by atoms with Crippen LogP contribution in [-0.4, -0.2) is 63.9 Å². The van der Waals surface area contributed by atoms with Crippen LogP contribution in [0.1, 0.15) is 66.9 Å². The van der Waals surface area contributed by atoms with Crippen molar-refractivity contribution in [2.75, 3.05) is 0 Å². The number of carboxylic acids is 1. The molecule has 0 aliphatic rings. The summed E-state index contributed by atoms with van der Waals surface area (Å²) in [5.41, 5.74) is 0.0953. The third-order valence-corrected chi connectivity index (χ3v) is 5.90. The number of carbonyl (C=O) groups excluding carboxylic acids is 3. The SMILES string of the molecule is CC[C@H](C)[C@H](NC(=O)C[C@H](O)[C@H](Cc1ccccc1)NC(=O)OC(C)(C)C)C(=O)N[C@H](C(=O)O)C(C)C. The van der Waals surface area contributed by atoms with Crippen LogP contribution in [0.25, 0.3) is 0 Å². The number of alkyl carbamates (subject to hydrolysis) is 1. The predicted molar refractivity (Wildman–Crippen MR) is 140 cm³/mol. The lowest BCUT2D eigenvalue weighted by Gasteiger charge is -2.29. The lowest BCUT2D eigenvalue weighted by Crippen LogP contribution is -2.56. The van der Waals surface area contributed by atoms with Crippen LogP contribution in [0.4, 0.5) is 4.79 Å². The fourth-order valence-corrected chi connectivity index (χ4v) is 3.63. The predicted octanol–water partition coefficient (Wildman–Crippen LogP) is 2.63. The van der Waals surface area contributed by atoms with Gasteiger partial charge in [0.25, 0.3) is 0 Å². The first-order valence-electron chi connectivity index (χ1n) is 12.7. The van der Waals surface area contributed by atoms with Crippen molar-refractivity contribution in [3.05, 3.63) is 35.9 Å². The molecular formula is C27H43N3O7. The summed E-state index contributed by atoms with van der Waals surface area (Å²) in [6.45, 7) is 12.1. The molecule has 0 saturated heterocycles. The molecule has 0 aliphatic carbocycles. The minimum atomic E-state index is -1.28. The highest BCUT2D eigenvalue weighted by Gasteiger charge is 2.33. The molecule has 10 heteroatoms. The summed E-state index contributed by atoms with van der Waals surface area (Å²) in [6, 6.07) is 6.26. The largest absolute Gasteiger partial charge is 0.480 e. The Hall–Kier alpha value is -3.14. The number of hydrogen-bond acceptors (Lipinski definition) is 6. The lowest BCUT2D eigenvalue weighted by atomic mass is 9.95. The number of hydrogen-bond donors (Lipinski definition) is 5. The highest BCUT2D eigenvalue weighted by molar-refractivity contribution is 5.90. The van der Waals surface area contributed by atoms with Crippen LogP contribution >= 0.6 is 0 Å². The van der Waals surface area contributed by atoms with Crippen LogP contribution in [0.3, 0.4) is 0 Å². The van der Waals surface area contributed by atoms with E-state index in [9.17, 15) is 29.4 Å². The standard InChI is InChI=1S/C27H43N3O7/c1-8-17(4)23(24(33)30-22(16(2)3)25(34)35)29-21(32)15-20(31)19(14-18-12-10-9-11-13-18)28-26(36)37-27(5,6)7/h9-13,16-17,19-20,22-23,31H,8,14-15H2,1-7H3,(H,28,36)(H,29,32)(H,30,33)(H,34,35)/t17-,19-,20-,22-,23-/m0/s1. The van der Waals surface area contributed by atoms with Crippen LogP contribution in [0, 0.1) is 11.8 Å². The van der Waals surface area contributed by atoms with Gasteiger partial charge in [0.1, 0.15) is 17.7 Å². The molecule has 5 N–H and O–H groups in total. The van der Waals surface area contributed by atoms with Gasteiger partial charge in [-0.3, -0.25) is 9.59 Å². The monoisotopic (exact) mass is 521 g/mol. The molecule has 0 radical (unpaired) electrons. The number of aliphatic hydroxyl groups is 1. The van der Waals surface area contributed by atoms with Crippen LogP contribution in [0.5, 0.6) is 0 Å². The summed E-state index contributed by atoms with van der Waals surface area (Å²) in [5, 5.41) is 28.1. The van der Waals surface area contributed by atoms with Crippen molar-refractivity contribution < 1.29 is 34.1 Å². The number of carbonyl (C=O) groups is 4. The summed E-state index contributed by atoms with van der Waals surface area (Å²) < 4.78 is 5.32. The second-order valence-corrected chi connectivity index (χ2v) is 10.7. The quantitative estimate of drug-likeness (QED) is 0.267. The maximum absolute atomic E-state index is 12.9. The van der Waals surface area contributed by atoms with Crippen molar-refractivity contribution in [1.29, 1.82) is 0 Å². The Bertz CT molecular complexity index is 899. The molecule has 0 saturated carbocycles. The fourth-order valence-electron chi connectivity index (χ4n) is 3.63. The number of aliphatic hydroxyl groups excluding tert-OH is 1. The van der Waals surface area contributed by atoms with E-state index in [1.807, 2.05) is 37.3 Å². The van der Waals surface area contributed by atoms with Crippen molar-refractivity contribution >= 4 is 23.9 Å². The highest BCUT2D eigenvalue weighted by Crippen LogP contribution is 2.14. The van der Waals surface area contributed by atoms with Gasteiger partial charge in [-0.15, -0.1) is 0 Å². The molecular weight excluding hydrogens is 478 g/mol. The number of nitrogens with one attached hydrogen (secondary N) is 3. The number of carboxylic acid groups (broad SMARTS) is 1. The van der Waals surface area contributed by atoms with E-state index >= 15 is 0 Å². The van der Waals surface area contributed by atoms with Crippen LogP contribution in [0.2, 0.25) is 0 Å². The van der Waals surface area contributed by atoms with Crippen LogP contribution in [0.15, 0.2) is 30.3 Å². The molecule has 208 valence electrons. The Morgan fingerprint density at radius 1 is 0.946 bits per heavy atom. The zero-order chi connectivity index (χ0) is 28.3. The molecule has 10 nitrogen and oxygen atoms in total. The van der Waals surface area contributed by atoms with Gasteiger partial charge >= 0.3 is 12.1 Å². The zero-order valence-electron chi connectivity index (χ0n) is 22.9. The molecule has 1 aromatic carbocycles. The number of benzene rings is 1. The molecule has 1 aromatic rings. The van der Waals surface area contributed by atoms with Gasteiger partial charge in [0, 0.05) is 0 Å². The van der Waals surface area contributed by atoms with Crippen molar-refractivity contribution in [2.24, 2.45) is 11.8 Å². The summed E-state index contributed by atoms with van der Waals surface area (Å²) in [5.74, 6) is -3.01. The molecule has 0 spiro atoms. The average molecular weight is 522 g/mol. The summed E-state index contributed by atoms with van der Waals surface area (Å²) in [4.78, 5) is 49.8. The normalized spacial score (nSPS) is 15.6. The Kier molecular flexibility index (Phi) is 12.6. The van der Waals surface area contributed by atoms with Crippen LogP contribution < -0.4 is 16.0 Å². The van der Waals surface area contributed by atoms with Gasteiger partial charge in [0.15, 0.2) is 0 Å². The van der Waals surface area contributed by atoms with Gasteiger partial charge in [0.2, 0.25) is 11.8 Å². The average Bonchev–Trinajstić information content (AvgIpc) is 2.78. The second kappa shape index (κ2) is 14.6. The third-order valence-electron chi connectivity index (χ3n) is 5.90. The number of rotatable bonds is 13. The smallest absolute Gasteiger partial charge is 0.407 e. The number of ether oxygens (including phenoxy) is 1. The summed E-state index contributed by atoms with van der Waals surface area (Å²) >= 11 is 0. The first-order chi connectivity index (χ1) is 17.1. The van der Waals surface area contributed by atoms with E-state index in [4.69, 9.17) is 4.74 Å². The first kappa shape index (κ1) is 31.9. The number of amides is 3. The molecule has 1 rings (SSSR count). The Labute approximate surface area is 219 Å². The van der Waals surface area contributed by atoms with Crippen LogP contribution in [-0.2, 0) is 25.5 Å². The Morgan fingerprint density at radius 3 is 2.03 bits per heavy atom. The maximum Gasteiger partial charge on any atom is 0.407 e. The molecule has 0 unspecified atom stereocenters. The van der Waals surface area contributed by atoms with E-state index < -0.39 is 53.7 Å². The van der Waals surface area contributed by atoms with Crippen molar-refractivity contribution in [3.8, 4) is 0 Å².